The van der Waals surface area contributed by atoms with Crippen molar-refractivity contribution >= 4 is 40.8 Å². The third kappa shape index (κ3) is 3.45. The van der Waals surface area contributed by atoms with E-state index < -0.39 is 4.92 Å². The third-order valence-electron chi connectivity index (χ3n) is 2.43. The van der Waals surface area contributed by atoms with Crippen LogP contribution in [0.2, 0.25) is 0 Å². The van der Waals surface area contributed by atoms with Crippen LogP contribution in [0.4, 0.5) is 11.4 Å². The van der Waals surface area contributed by atoms with Crippen molar-refractivity contribution in [2.75, 3.05) is 5.32 Å². The molecule has 0 aliphatic carbocycles. The van der Waals surface area contributed by atoms with Crippen molar-refractivity contribution in [2.24, 2.45) is 0 Å². The highest BCUT2D eigenvalue weighted by atomic mass is 32.1. The first-order valence-corrected chi connectivity index (χ1v) is 6.77. The van der Waals surface area contributed by atoms with Gasteiger partial charge < -0.3 is 5.32 Å². The predicted octanol–water partition coefficient (Wildman–Crippen LogP) is 2.66. The van der Waals surface area contributed by atoms with E-state index >= 15 is 0 Å². The van der Waals surface area contributed by atoms with E-state index in [1.54, 1.807) is 0 Å². The molecule has 0 aliphatic rings. The molecule has 104 valence electrons. The number of H-pyrrole nitrogens is 1. The Labute approximate surface area is 122 Å². The normalized spacial score (nSPS) is 10.2. The van der Waals surface area contributed by atoms with Crippen LogP contribution in [0.3, 0.4) is 0 Å². The Morgan fingerprint density at radius 2 is 2.35 bits per heavy atom. The molecule has 0 radical (unpaired) electrons. The summed E-state index contributed by atoms with van der Waals surface area (Å²) in [7, 11) is 0. The van der Waals surface area contributed by atoms with Crippen LogP contribution in [-0.2, 0) is 11.2 Å². The fourth-order valence-electron chi connectivity index (χ4n) is 1.65. The zero-order valence-electron chi connectivity index (χ0n) is 10.4. The summed E-state index contributed by atoms with van der Waals surface area (Å²) in [6, 6.07) is 4.29. The number of benzene rings is 1. The first kappa shape index (κ1) is 14.3. The average molecular weight is 310 g/mol. The van der Waals surface area contributed by atoms with Gasteiger partial charge in [-0.25, -0.2) is 0 Å². The number of rotatable bonds is 4. The van der Waals surface area contributed by atoms with Crippen LogP contribution in [0.15, 0.2) is 18.2 Å². The van der Waals surface area contributed by atoms with Crippen LogP contribution in [0.5, 0.6) is 0 Å². The summed E-state index contributed by atoms with van der Waals surface area (Å²) in [5, 5.41) is 20.8. The Bertz CT molecular complexity index is 722. The minimum absolute atomic E-state index is 0.0340. The Kier molecular flexibility index (Phi) is 4.20. The van der Waals surface area contributed by atoms with Crippen LogP contribution < -0.4 is 5.32 Å². The number of nitro groups is 1. The lowest BCUT2D eigenvalue weighted by Gasteiger charge is -2.08. The lowest BCUT2D eigenvalue weighted by atomic mass is 10.1. The first-order chi connectivity index (χ1) is 9.45. The van der Waals surface area contributed by atoms with E-state index in [2.05, 4.69) is 15.5 Å². The summed E-state index contributed by atoms with van der Waals surface area (Å²) in [6.45, 7) is 1.38. The molecule has 0 aliphatic heterocycles. The van der Waals surface area contributed by atoms with E-state index in [9.17, 15) is 14.9 Å². The molecule has 1 amide bonds. The van der Waals surface area contributed by atoms with Gasteiger partial charge in [-0.1, -0.05) is 11.3 Å². The lowest BCUT2D eigenvalue weighted by molar-refractivity contribution is -0.384. The number of carbonyl (C=O) groups is 1. The zero-order valence-corrected chi connectivity index (χ0v) is 12.0. The van der Waals surface area contributed by atoms with Crippen LogP contribution in [0, 0.1) is 14.1 Å². The van der Waals surface area contributed by atoms with Crippen LogP contribution in [0.1, 0.15) is 17.5 Å². The van der Waals surface area contributed by atoms with Gasteiger partial charge in [0, 0.05) is 31.2 Å². The highest BCUT2D eigenvalue weighted by Crippen LogP contribution is 2.25. The molecule has 9 heteroatoms. The maximum Gasteiger partial charge on any atom is 0.269 e. The summed E-state index contributed by atoms with van der Waals surface area (Å²) >= 11 is 6.23. The molecule has 0 bridgehead atoms. The molecule has 1 heterocycles. The van der Waals surface area contributed by atoms with Gasteiger partial charge in [0.2, 0.25) is 5.91 Å². The number of hydrogen-bond donors (Lipinski definition) is 2. The molecule has 1 aromatic heterocycles. The first-order valence-electron chi connectivity index (χ1n) is 5.55. The van der Waals surface area contributed by atoms with E-state index in [1.807, 2.05) is 0 Å². The quantitative estimate of drug-likeness (QED) is 0.513. The molecule has 0 saturated carbocycles. The molecule has 2 N–H and O–H groups in total. The molecule has 0 atom stereocenters. The van der Waals surface area contributed by atoms with Crippen LogP contribution >= 0.6 is 23.6 Å². The van der Waals surface area contributed by atoms with E-state index in [-0.39, 0.29) is 11.6 Å². The highest BCUT2D eigenvalue weighted by Gasteiger charge is 2.13. The molecular weight excluding hydrogens is 300 g/mol. The Morgan fingerprint density at radius 1 is 1.60 bits per heavy atom. The molecule has 0 spiro atoms. The maximum atomic E-state index is 11.2. The van der Waals surface area contributed by atoms with Gasteiger partial charge >= 0.3 is 0 Å². The number of carbonyl (C=O) groups excluding carboxylic acids is 1. The largest absolute Gasteiger partial charge is 0.326 e. The number of hydrogen-bond acceptors (Lipinski definition) is 6. The summed E-state index contributed by atoms with van der Waals surface area (Å²) in [6.07, 6.45) is 0.356. The molecule has 20 heavy (non-hydrogen) atoms. The molecule has 2 rings (SSSR count). The van der Waals surface area contributed by atoms with Gasteiger partial charge in [0.15, 0.2) is 3.95 Å². The van der Waals surface area contributed by atoms with Crippen molar-refractivity contribution in [1.29, 1.82) is 0 Å². The summed E-state index contributed by atoms with van der Waals surface area (Å²) in [5.74, 6) is -0.241. The maximum absolute atomic E-state index is 11.2. The monoisotopic (exact) mass is 310 g/mol. The predicted molar refractivity (Wildman–Crippen MR) is 77.5 cm³/mol. The minimum atomic E-state index is -0.479. The molecule has 1 aromatic carbocycles. The van der Waals surface area contributed by atoms with E-state index in [4.69, 9.17) is 12.2 Å². The van der Waals surface area contributed by atoms with Gasteiger partial charge in [0.25, 0.3) is 5.69 Å². The molecule has 0 saturated heterocycles. The smallest absolute Gasteiger partial charge is 0.269 e. The van der Waals surface area contributed by atoms with E-state index in [1.165, 1.54) is 36.5 Å². The Hall–Kier alpha value is -2.13. The average Bonchev–Trinajstić information content (AvgIpc) is 2.76. The minimum Gasteiger partial charge on any atom is -0.326 e. The lowest BCUT2D eigenvalue weighted by Crippen LogP contribution is -2.08. The molecular formula is C11H10N4O3S2. The number of nitrogens with zero attached hydrogens (tertiary/aromatic N) is 2. The van der Waals surface area contributed by atoms with Crippen molar-refractivity contribution < 1.29 is 9.72 Å². The second-order valence-electron chi connectivity index (χ2n) is 3.96. The number of aromatic nitrogens is 2. The summed E-state index contributed by atoms with van der Waals surface area (Å²) < 4.78 is 0.534. The SMILES string of the molecule is CC(=O)Nc1ccc([N+](=O)[O-])cc1Cc1n[nH]c(=S)s1. The number of nitro benzene ring substituents is 1. The second-order valence-corrected chi connectivity index (χ2v) is 5.71. The van der Waals surface area contributed by atoms with Gasteiger partial charge in [-0.2, -0.15) is 5.10 Å². The van der Waals surface area contributed by atoms with Gasteiger partial charge in [-0.05, 0) is 23.8 Å². The second kappa shape index (κ2) is 5.88. The van der Waals surface area contributed by atoms with Gasteiger partial charge in [-0.3, -0.25) is 20.0 Å². The summed E-state index contributed by atoms with van der Waals surface area (Å²) in [5.41, 5.74) is 1.12. The molecule has 7 nitrogen and oxygen atoms in total. The van der Waals surface area contributed by atoms with Crippen molar-refractivity contribution in [3.05, 3.63) is 42.8 Å². The van der Waals surface area contributed by atoms with Crippen molar-refractivity contribution in [3.63, 3.8) is 0 Å². The van der Waals surface area contributed by atoms with Gasteiger partial charge in [-0.15, -0.1) is 0 Å². The van der Waals surface area contributed by atoms with E-state index in [0.717, 1.165) is 0 Å². The number of anilines is 1. The van der Waals surface area contributed by atoms with Gasteiger partial charge in [0.05, 0.1) is 4.92 Å². The Morgan fingerprint density at radius 3 is 2.90 bits per heavy atom. The van der Waals surface area contributed by atoms with Crippen molar-refractivity contribution in [3.8, 4) is 0 Å². The van der Waals surface area contributed by atoms with Crippen LogP contribution in [0.25, 0.3) is 0 Å². The molecule has 2 aromatic rings. The Balaban J connectivity index is 2.40. The number of nitrogens with one attached hydrogen (secondary N) is 2. The fraction of sp³-hybridized carbons (Fsp3) is 0.182. The number of amides is 1. The topological polar surface area (TPSA) is 101 Å². The van der Waals surface area contributed by atoms with Crippen LogP contribution in [-0.4, -0.2) is 21.0 Å². The summed E-state index contributed by atoms with van der Waals surface area (Å²) in [4.78, 5) is 21.5. The number of aromatic amines is 1. The third-order valence-corrected chi connectivity index (χ3v) is 3.52. The van der Waals surface area contributed by atoms with E-state index in [0.29, 0.717) is 26.6 Å². The highest BCUT2D eigenvalue weighted by molar-refractivity contribution is 7.73. The molecule has 0 unspecified atom stereocenters. The standard InChI is InChI=1S/C11H10N4O3S2/c1-6(16)12-9-3-2-8(15(17)18)4-7(9)5-10-13-14-11(19)20-10/h2-4H,5H2,1H3,(H,12,16)(H,14,19). The van der Waals surface area contributed by atoms with Gasteiger partial charge in [0.1, 0.15) is 5.01 Å². The van der Waals surface area contributed by atoms with Crippen molar-refractivity contribution in [1.82, 2.24) is 10.2 Å². The zero-order chi connectivity index (χ0) is 14.7. The number of non-ortho nitro benzene ring substituents is 1. The fourth-order valence-corrected chi connectivity index (χ4v) is 2.61. The van der Waals surface area contributed by atoms with Crippen molar-refractivity contribution in [2.45, 2.75) is 13.3 Å². The molecule has 0 fully saturated rings.